The van der Waals surface area contributed by atoms with Crippen LogP contribution in [0.3, 0.4) is 0 Å². The molecule has 1 aliphatic heterocycles. The number of fused-ring (bicyclic) bond motifs is 4. The molecule has 1 aliphatic rings. The molecular weight excluding hydrogens is 777 g/mol. The summed E-state index contributed by atoms with van der Waals surface area (Å²) < 4.78 is 12.0. The Kier molecular flexibility index (Phi) is 10.9. The molecule has 3 aromatic carbocycles. The number of carboxylic acid groups (broad SMARTS) is 1. The van der Waals surface area contributed by atoms with Gasteiger partial charge in [0, 0.05) is 78.2 Å². The number of anilines is 2. The maximum absolute atomic E-state index is 15.4. The van der Waals surface area contributed by atoms with E-state index in [2.05, 4.69) is 11.5 Å². The molecule has 0 aliphatic carbocycles. The van der Waals surface area contributed by atoms with Crippen molar-refractivity contribution in [3.63, 3.8) is 0 Å². The number of aromatic nitrogens is 4. The van der Waals surface area contributed by atoms with Crippen molar-refractivity contribution in [3.8, 4) is 16.9 Å². The number of amides is 2. The highest BCUT2D eigenvalue weighted by Gasteiger charge is 2.38. The summed E-state index contributed by atoms with van der Waals surface area (Å²) in [5.74, 6) is -0.791. The lowest BCUT2D eigenvalue weighted by Gasteiger charge is -2.35. The lowest BCUT2D eigenvalue weighted by Crippen LogP contribution is -2.43. The topological polar surface area (TPSA) is 118 Å². The van der Waals surface area contributed by atoms with E-state index in [1.165, 1.54) is 4.90 Å². The first-order chi connectivity index (χ1) is 27.4. The quantitative estimate of drug-likeness (QED) is 0.130. The Hall–Kier alpha value is -5.30. The van der Waals surface area contributed by atoms with E-state index in [1.807, 2.05) is 83.9 Å². The molecule has 3 aromatic heterocycles. The van der Waals surface area contributed by atoms with E-state index < -0.39 is 5.97 Å². The van der Waals surface area contributed by atoms with Crippen LogP contribution in [0.15, 0.2) is 42.6 Å². The van der Waals surface area contributed by atoms with Crippen molar-refractivity contribution in [2.24, 2.45) is 14.1 Å². The van der Waals surface area contributed by atoms with Crippen LogP contribution in [0.4, 0.5) is 11.4 Å². The van der Waals surface area contributed by atoms with Crippen molar-refractivity contribution < 1.29 is 24.2 Å². The average Bonchev–Trinajstić information content (AvgIpc) is 3.77. The Labute approximate surface area is 348 Å². The molecule has 4 heterocycles. The van der Waals surface area contributed by atoms with Crippen LogP contribution in [0.5, 0.6) is 5.75 Å². The van der Waals surface area contributed by atoms with Crippen molar-refractivity contribution in [2.75, 3.05) is 50.6 Å². The van der Waals surface area contributed by atoms with Crippen LogP contribution in [0.2, 0.25) is 10.0 Å². The first-order valence-corrected chi connectivity index (χ1v) is 20.0. The number of aryl methyl sites for hydroxylation is 6. The number of ether oxygens (including phenoxy) is 1. The summed E-state index contributed by atoms with van der Waals surface area (Å²) in [6.45, 7) is 10.8. The molecule has 58 heavy (non-hydrogen) atoms. The predicted octanol–water partition coefficient (Wildman–Crippen LogP) is 8.53. The highest BCUT2D eigenvalue weighted by atomic mass is 35.5. The van der Waals surface area contributed by atoms with E-state index in [0.717, 1.165) is 55.9 Å². The summed E-state index contributed by atoms with van der Waals surface area (Å²) >= 11 is 13.6. The number of halogens is 2. The van der Waals surface area contributed by atoms with Gasteiger partial charge in [-0.25, -0.2) is 4.79 Å². The molecule has 0 spiro atoms. The van der Waals surface area contributed by atoms with Crippen molar-refractivity contribution >= 4 is 74.2 Å². The normalized spacial score (nSPS) is 14.3. The molecule has 0 radical (unpaired) electrons. The fourth-order valence-electron chi connectivity index (χ4n) is 8.54. The average molecular weight is 827 g/mol. The Balaban J connectivity index is 1.41. The third-order valence-electron chi connectivity index (χ3n) is 11.3. The van der Waals surface area contributed by atoms with Gasteiger partial charge in [0.05, 0.1) is 46.2 Å². The van der Waals surface area contributed by atoms with E-state index in [9.17, 15) is 14.7 Å². The van der Waals surface area contributed by atoms with Crippen molar-refractivity contribution in [1.82, 2.24) is 23.8 Å². The molecule has 12 nitrogen and oxygen atoms in total. The molecule has 6 aromatic rings. The standard InChI is InChI=1S/C44H49Cl2N7O5/c1-23-16-29(17-24(2)39(23)46)58-15-11-12-30-31-13-14-34(45)38(37-26(4)47-51(10)27(37)5)41(31)53-25(3)20-52(43(55)42(30)53)35-19-28(50(9)36(54)22-48(6)7)18-32-33(44(56)57)21-49(8)40(32)35/h13-14,16-19,21,25H,11-12,15,20,22H2,1-10H3,(H,56,57)/t25-/m1/s1. The van der Waals surface area contributed by atoms with Gasteiger partial charge in [-0.05, 0) is 109 Å². The van der Waals surface area contributed by atoms with E-state index in [4.69, 9.17) is 33.0 Å². The van der Waals surface area contributed by atoms with Crippen LogP contribution in [0.25, 0.3) is 32.9 Å². The third kappa shape index (κ3) is 6.90. The predicted molar refractivity (Wildman–Crippen MR) is 232 cm³/mol. The van der Waals surface area contributed by atoms with Gasteiger partial charge in [-0.1, -0.05) is 29.3 Å². The van der Waals surface area contributed by atoms with Crippen LogP contribution in [-0.4, -0.2) is 87.5 Å². The minimum atomic E-state index is -1.10. The number of carbonyl (C=O) groups excluding carboxylic acids is 2. The zero-order valence-corrected chi connectivity index (χ0v) is 36.1. The molecule has 1 N–H and O–H groups in total. The number of aromatic carboxylic acids is 1. The second kappa shape index (κ2) is 15.5. The SMILES string of the molecule is Cc1cc(OCCCc2c3n(c4c(-c5c(C)nn(C)c5C)c(Cl)ccc24)[C@H](C)CN(c2cc(N(C)C(=O)CN(C)C)cc4c(C(=O)O)cn(C)c24)C3=O)cc(C)c1Cl. The van der Waals surface area contributed by atoms with Gasteiger partial charge in [0.2, 0.25) is 5.91 Å². The second-order valence-corrected chi connectivity index (χ2v) is 16.6. The molecule has 2 amide bonds. The minimum Gasteiger partial charge on any atom is -0.494 e. The number of rotatable bonds is 11. The monoisotopic (exact) mass is 825 g/mol. The van der Waals surface area contributed by atoms with Gasteiger partial charge in [-0.3, -0.25) is 14.3 Å². The first-order valence-electron chi connectivity index (χ1n) is 19.3. The van der Waals surface area contributed by atoms with E-state index >= 15 is 4.79 Å². The van der Waals surface area contributed by atoms with E-state index in [-0.39, 0.29) is 36.5 Å². The lowest BCUT2D eigenvalue weighted by molar-refractivity contribution is -0.118. The van der Waals surface area contributed by atoms with Crippen molar-refractivity contribution in [2.45, 2.75) is 53.5 Å². The van der Waals surface area contributed by atoms with Crippen LogP contribution >= 0.6 is 23.2 Å². The molecule has 14 heteroatoms. The first kappa shape index (κ1) is 40.9. The maximum Gasteiger partial charge on any atom is 0.337 e. The molecule has 0 fully saturated rings. The van der Waals surface area contributed by atoms with Crippen LogP contribution in [0, 0.1) is 27.7 Å². The number of hydrogen-bond donors (Lipinski definition) is 1. The molecule has 0 saturated carbocycles. The Bertz CT molecular complexity index is 2650. The number of carboxylic acids is 1. The fourth-order valence-corrected chi connectivity index (χ4v) is 8.89. The molecule has 7 rings (SSSR count). The fraction of sp³-hybridized carbons (Fsp3) is 0.364. The second-order valence-electron chi connectivity index (χ2n) is 15.8. The van der Waals surface area contributed by atoms with E-state index in [0.29, 0.717) is 57.5 Å². The number of carbonyl (C=O) groups is 3. The van der Waals surface area contributed by atoms with E-state index in [1.54, 1.807) is 40.7 Å². The van der Waals surface area contributed by atoms with Gasteiger partial charge in [0.15, 0.2) is 0 Å². The summed E-state index contributed by atoms with van der Waals surface area (Å²) in [5, 5.41) is 17.6. The maximum atomic E-state index is 15.4. The largest absolute Gasteiger partial charge is 0.494 e. The van der Waals surface area contributed by atoms with Gasteiger partial charge in [-0.15, -0.1) is 0 Å². The van der Waals surface area contributed by atoms with Crippen LogP contribution in [0.1, 0.15) is 68.3 Å². The number of nitrogens with zero attached hydrogens (tertiary/aromatic N) is 7. The van der Waals surface area contributed by atoms with Crippen molar-refractivity contribution in [1.29, 1.82) is 0 Å². The summed E-state index contributed by atoms with van der Waals surface area (Å²) in [5.41, 5.74) is 9.31. The number of hydrogen-bond acceptors (Lipinski definition) is 6. The molecule has 304 valence electrons. The lowest BCUT2D eigenvalue weighted by atomic mass is 9.98. The molecule has 1 atom stereocenters. The summed E-state index contributed by atoms with van der Waals surface area (Å²) in [4.78, 5) is 46.4. The number of benzene rings is 3. The minimum absolute atomic E-state index is 0.0777. The summed E-state index contributed by atoms with van der Waals surface area (Å²) in [6.07, 6.45) is 2.68. The van der Waals surface area contributed by atoms with Crippen LogP contribution < -0.4 is 14.5 Å². The molecule has 0 bridgehead atoms. The smallest absolute Gasteiger partial charge is 0.337 e. The van der Waals surface area contributed by atoms with Gasteiger partial charge in [0.1, 0.15) is 11.4 Å². The summed E-state index contributed by atoms with van der Waals surface area (Å²) in [6, 6.07) is 11.0. The highest BCUT2D eigenvalue weighted by molar-refractivity contribution is 6.35. The summed E-state index contributed by atoms with van der Waals surface area (Å²) in [7, 11) is 8.97. The Morgan fingerprint density at radius 1 is 0.966 bits per heavy atom. The zero-order valence-electron chi connectivity index (χ0n) is 34.6. The van der Waals surface area contributed by atoms with Gasteiger partial charge < -0.3 is 33.7 Å². The van der Waals surface area contributed by atoms with Crippen LogP contribution in [-0.2, 0) is 25.3 Å². The Morgan fingerprint density at radius 2 is 1.66 bits per heavy atom. The molecule has 0 saturated heterocycles. The Morgan fingerprint density at radius 3 is 2.28 bits per heavy atom. The highest BCUT2D eigenvalue weighted by Crippen LogP contribution is 2.46. The molecular formula is C44H49Cl2N7O5. The van der Waals surface area contributed by atoms with Gasteiger partial charge in [0.25, 0.3) is 5.91 Å². The zero-order chi connectivity index (χ0) is 42.1. The number of likely N-dealkylation sites (N-methyl/N-ethyl adjacent to an activating group) is 2. The van der Waals surface area contributed by atoms with Gasteiger partial charge >= 0.3 is 5.97 Å². The van der Waals surface area contributed by atoms with Crippen molar-refractivity contribution in [3.05, 3.63) is 92.0 Å². The molecule has 0 unspecified atom stereocenters. The van der Waals surface area contributed by atoms with Gasteiger partial charge in [-0.2, -0.15) is 5.10 Å². The third-order valence-corrected chi connectivity index (χ3v) is 12.2.